The lowest BCUT2D eigenvalue weighted by atomic mass is 10.3. The van der Waals surface area contributed by atoms with Crippen molar-refractivity contribution in [2.45, 2.75) is 71.7 Å². The van der Waals surface area contributed by atoms with Gasteiger partial charge in [-0.2, -0.15) is 0 Å². The van der Waals surface area contributed by atoms with Crippen LogP contribution in [0.4, 0.5) is 0 Å². The number of carbonyl (C=O) groups is 2. The molecule has 0 radical (unpaired) electrons. The predicted molar refractivity (Wildman–Crippen MR) is 107 cm³/mol. The lowest BCUT2D eigenvalue weighted by Gasteiger charge is -2.40. The Morgan fingerprint density at radius 3 is 1.72 bits per heavy atom. The van der Waals surface area contributed by atoms with E-state index in [1.807, 2.05) is 13.8 Å². The zero-order chi connectivity index (χ0) is 19.9. The van der Waals surface area contributed by atoms with Gasteiger partial charge in [0.05, 0.1) is 6.61 Å². The summed E-state index contributed by atoms with van der Waals surface area (Å²) < 4.78 is 23.1. The van der Waals surface area contributed by atoms with E-state index < -0.39 is 43.1 Å². The molecule has 0 spiro atoms. The molecule has 1 unspecified atom stereocenters. The summed E-state index contributed by atoms with van der Waals surface area (Å²) in [5.41, 5.74) is 0. The van der Waals surface area contributed by atoms with E-state index in [1.165, 1.54) is 0 Å². The third kappa shape index (κ3) is 10.8. The lowest BCUT2D eigenvalue weighted by molar-refractivity contribution is -0.147. The minimum atomic E-state index is -2.30. The maximum Gasteiger partial charge on any atom is 0.346 e. The summed E-state index contributed by atoms with van der Waals surface area (Å²) in [5.74, 6) is -1.16. The standard InChI is InChI=1S/C16H34O6Si3/c1-10-16(3,20-15(18)13-12-14(17)19-11-2)23(21-24(4,5)6)22-25(7,8)9/h12-13,23H,10-11H2,1-9H3. The summed E-state index contributed by atoms with van der Waals surface area (Å²) in [6.07, 6.45) is 2.76. The van der Waals surface area contributed by atoms with Gasteiger partial charge < -0.3 is 17.7 Å². The number of hydrogen-bond acceptors (Lipinski definition) is 6. The Kier molecular flexibility index (Phi) is 9.52. The number of ether oxygens (including phenoxy) is 2. The van der Waals surface area contributed by atoms with Crippen molar-refractivity contribution < 1.29 is 27.3 Å². The highest BCUT2D eigenvalue weighted by Crippen LogP contribution is 2.26. The van der Waals surface area contributed by atoms with Crippen LogP contribution < -0.4 is 0 Å². The third-order valence-electron chi connectivity index (χ3n) is 3.10. The van der Waals surface area contributed by atoms with Gasteiger partial charge in [0.25, 0.3) is 0 Å². The molecule has 146 valence electrons. The van der Waals surface area contributed by atoms with Crippen LogP contribution in [0.1, 0.15) is 27.2 Å². The average molecular weight is 407 g/mol. The first kappa shape index (κ1) is 24.3. The minimum absolute atomic E-state index is 0.258. The van der Waals surface area contributed by atoms with Gasteiger partial charge in [-0.05, 0) is 59.6 Å². The van der Waals surface area contributed by atoms with Gasteiger partial charge in [0.1, 0.15) is 5.22 Å². The summed E-state index contributed by atoms with van der Waals surface area (Å²) in [7, 11) is -6.04. The highest BCUT2D eigenvalue weighted by atomic mass is 28.4. The highest BCUT2D eigenvalue weighted by molar-refractivity contribution is 6.81. The third-order valence-corrected chi connectivity index (χ3v) is 12.0. The van der Waals surface area contributed by atoms with E-state index in [0.717, 1.165) is 12.2 Å². The van der Waals surface area contributed by atoms with Crippen LogP contribution in [0.5, 0.6) is 0 Å². The van der Waals surface area contributed by atoms with Crippen molar-refractivity contribution in [2.75, 3.05) is 6.61 Å². The Bertz CT molecular complexity index is 465. The topological polar surface area (TPSA) is 71.1 Å². The lowest BCUT2D eigenvalue weighted by Crippen LogP contribution is -2.57. The van der Waals surface area contributed by atoms with Crippen LogP contribution in [0.2, 0.25) is 39.3 Å². The fourth-order valence-corrected chi connectivity index (χ4v) is 10.1. The van der Waals surface area contributed by atoms with Crippen LogP contribution in [0.3, 0.4) is 0 Å². The Morgan fingerprint density at radius 1 is 0.920 bits per heavy atom. The molecule has 0 aromatic rings. The number of hydrogen-bond donors (Lipinski definition) is 0. The number of rotatable bonds is 10. The molecule has 0 aromatic heterocycles. The van der Waals surface area contributed by atoms with Gasteiger partial charge in [0.15, 0.2) is 16.6 Å². The Morgan fingerprint density at radius 2 is 1.36 bits per heavy atom. The first-order chi connectivity index (χ1) is 11.2. The van der Waals surface area contributed by atoms with Gasteiger partial charge in [0, 0.05) is 12.2 Å². The SMILES string of the molecule is CCOC(=O)C=CC(=O)OC(C)(CC)[SiH](O[Si](C)(C)C)O[Si](C)(C)C. The second-order valence-electron chi connectivity index (χ2n) is 7.97. The molecule has 6 nitrogen and oxygen atoms in total. The van der Waals surface area contributed by atoms with Crippen molar-refractivity contribution in [3.63, 3.8) is 0 Å². The van der Waals surface area contributed by atoms with Crippen LogP contribution in [-0.4, -0.2) is 49.7 Å². The van der Waals surface area contributed by atoms with E-state index in [1.54, 1.807) is 6.92 Å². The zero-order valence-corrected chi connectivity index (χ0v) is 20.3. The minimum Gasteiger partial charge on any atom is -0.463 e. The molecule has 0 aliphatic carbocycles. The van der Waals surface area contributed by atoms with Crippen molar-refractivity contribution in [1.29, 1.82) is 0 Å². The van der Waals surface area contributed by atoms with E-state index in [0.29, 0.717) is 6.42 Å². The van der Waals surface area contributed by atoms with Crippen molar-refractivity contribution in [3.05, 3.63) is 12.2 Å². The molecule has 0 fully saturated rings. The second kappa shape index (κ2) is 9.81. The largest absolute Gasteiger partial charge is 0.463 e. The maximum atomic E-state index is 12.2. The molecule has 0 aliphatic rings. The molecule has 25 heavy (non-hydrogen) atoms. The first-order valence-electron chi connectivity index (χ1n) is 8.66. The van der Waals surface area contributed by atoms with Crippen LogP contribution in [0, 0.1) is 0 Å². The van der Waals surface area contributed by atoms with Gasteiger partial charge >= 0.3 is 21.2 Å². The van der Waals surface area contributed by atoms with E-state index in [2.05, 4.69) is 39.3 Å². The molecule has 0 heterocycles. The van der Waals surface area contributed by atoms with Gasteiger partial charge in [-0.15, -0.1) is 0 Å². The zero-order valence-electron chi connectivity index (χ0n) is 17.1. The second-order valence-corrected chi connectivity index (χ2v) is 20.2. The van der Waals surface area contributed by atoms with Crippen molar-refractivity contribution in [1.82, 2.24) is 0 Å². The fraction of sp³-hybridized carbons (Fsp3) is 0.750. The molecule has 0 aromatic carbocycles. The molecular formula is C16H34O6Si3. The molecule has 0 saturated carbocycles. The summed E-state index contributed by atoms with van der Waals surface area (Å²) in [6, 6.07) is 0. The van der Waals surface area contributed by atoms with Crippen LogP contribution in [0.15, 0.2) is 12.2 Å². The monoisotopic (exact) mass is 406 g/mol. The molecule has 0 rings (SSSR count). The summed E-state index contributed by atoms with van der Waals surface area (Å²) in [4.78, 5) is 23.5. The summed E-state index contributed by atoms with van der Waals surface area (Å²) in [5, 5.41) is -0.809. The quantitative estimate of drug-likeness (QED) is 0.315. The molecule has 0 N–H and O–H groups in total. The Balaban J connectivity index is 5.31. The van der Waals surface area contributed by atoms with E-state index in [4.69, 9.17) is 17.7 Å². The molecule has 1 atom stereocenters. The first-order valence-corrected chi connectivity index (χ1v) is 17.0. The summed E-state index contributed by atoms with van der Waals surface area (Å²) >= 11 is 0. The van der Waals surface area contributed by atoms with Gasteiger partial charge in [-0.3, -0.25) is 0 Å². The smallest absolute Gasteiger partial charge is 0.346 e. The molecule has 0 bridgehead atoms. The van der Waals surface area contributed by atoms with Crippen molar-refractivity contribution in [2.24, 2.45) is 0 Å². The van der Waals surface area contributed by atoms with Gasteiger partial charge in [-0.25, -0.2) is 9.59 Å². The van der Waals surface area contributed by atoms with Crippen LogP contribution >= 0.6 is 0 Å². The maximum absolute atomic E-state index is 12.2. The van der Waals surface area contributed by atoms with E-state index >= 15 is 0 Å². The molecular weight excluding hydrogens is 372 g/mol. The van der Waals surface area contributed by atoms with Crippen molar-refractivity contribution >= 4 is 37.9 Å². The van der Waals surface area contributed by atoms with Crippen LogP contribution in [0.25, 0.3) is 0 Å². The van der Waals surface area contributed by atoms with Gasteiger partial charge in [-0.1, -0.05) is 6.92 Å². The van der Waals surface area contributed by atoms with E-state index in [9.17, 15) is 9.59 Å². The predicted octanol–water partition coefficient (Wildman–Crippen LogP) is 3.28. The molecule has 0 aliphatic heterocycles. The van der Waals surface area contributed by atoms with E-state index in [-0.39, 0.29) is 6.61 Å². The molecule has 9 heteroatoms. The highest BCUT2D eigenvalue weighted by Gasteiger charge is 2.45. The average Bonchev–Trinajstić information content (AvgIpc) is 2.41. The molecule has 0 amide bonds. The molecule has 0 saturated heterocycles. The summed E-state index contributed by atoms with van der Waals surface area (Å²) in [6.45, 7) is 18.3. The fourth-order valence-electron chi connectivity index (χ4n) is 1.79. The van der Waals surface area contributed by atoms with Gasteiger partial charge in [0.2, 0.25) is 0 Å². The Hall–Kier alpha value is -0.749. The number of carbonyl (C=O) groups excluding carboxylic acids is 2. The number of esters is 2. The van der Waals surface area contributed by atoms with Crippen LogP contribution in [-0.2, 0) is 27.3 Å². The van der Waals surface area contributed by atoms with Crippen molar-refractivity contribution in [3.8, 4) is 0 Å². The normalized spacial score (nSPS) is 15.3. The Labute approximate surface area is 156 Å².